The summed E-state index contributed by atoms with van der Waals surface area (Å²) in [5.74, 6) is 0. The number of hydrogen-bond donors (Lipinski definition) is 0. The molecule has 1 aromatic rings. The summed E-state index contributed by atoms with van der Waals surface area (Å²) in [6.07, 6.45) is 0.259. The third kappa shape index (κ3) is 1.82. The maximum Gasteiger partial charge on any atom is 0.125 e. The van der Waals surface area contributed by atoms with Crippen LogP contribution < -0.4 is 0 Å². The van der Waals surface area contributed by atoms with E-state index in [1.807, 2.05) is 13.8 Å². The van der Waals surface area contributed by atoms with Crippen molar-refractivity contribution in [2.75, 3.05) is 0 Å². The minimum Gasteiger partial charge on any atom is -0.270 e. The molecular weight excluding hydrogens is 142 g/mol. The zero-order valence-corrected chi connectivity index (χ0v) is 6.66. The molecule has 1 heterocycles. The molecule has 0 spiro atoms. The van der Waals surface area contributed by atoms with Crippen LogP contribution in [0.5, 0.6) is 0 Å². The number of rotatable bonds is 2. The van der Waals surface area contributed by atoms with Gasteiger partial charge in [-0.15, -0.1) is 0 Å². The van der Waals surface area contributed by atoms with Gasteiger partial charge in [0.2, 0.25) is 0 Å². The van der Waals surface area contributed by atoms with Crippen molar-refractivity contribution in [3.05, 3.63) is 18.0 Å². The van der Waals surface area contributed by atoms with Crippen LogP contribution in [0.15, 0.2) is 12.3 Å². The number of aromatic nitrogens is 2. The van der Waals surface area contributed by atoms with E-state index < -0.39 is 6.07 Å². The Hall–Kier alpha value is -0.795. The first-order valence-electron chi connectivity index (χ1n) is 3.56. The molecular formula is C7H10BFN2. The fraction of sp³-hybridized carbons (Fsp3) is 0.571. The van der Waals surface area contributed by atoms with Gasteiger partial charge in [0.1, 0.15) is 13.9 Å². The summed E-state index contributed by atoms with van der Waals surface area (Å²) in [4.78, 5) is 0. The Bertz CT molecular complexity index is 210. The lowest BCUT2D eigenvalue weighted by Gasteiger charge is -2.03. The van der Waals surface area contributed by atoms with Gasteiger partial charge < -0.3 is 0 Å². The number of halogens is 1. The standard InChI is InChI=1S/C7H10BFN2/c1-5(2)11-4-3-6(10-11)7(8)9/h3-5,7H,1-2H3. The Balaban J connectivity index is 2.82. The van der Waals surface area contributed by atoms with Crippen LogP contribution in [0, 0.1) is 0 Å². The summed E-state index contributed by atoms with van der Waals surface area (Å²) < 4.78 is 14.1. The van der Waals surface area contributed by atoms with Crippen LogP contribution >= 0.6 is 0 Å². The van der Waals surface area contributed by atoms with Gasteiger partial charge in [0.05, 0.1) is 5.69 Å². The highest BCUT2D eigenvalue weighted by atomic mass is 19.1. The third-order valence-corrected chi connectivity index (χ3v) is 1.44. The average Bonchev–Trinajstić information content (AvgIpc) is 2.33. The number of nitrogens with zero attached hydrogens (tertiary/aromatic N) is 2. The molecule has 1 rings (SSSR count). The monoisotopic (exact) mass is 152 g/mol. The van der Waals surface area contributed by atoms with Crippen molar-refractivity contribution in [2.45, 2.75) is 26.0 Å². The Morgan fingerprint density at radius 3 is 2.55 bits per heavy atom. The highest BCUT2D eigenvalue weighted by Crippen LogP contribution is 2.12. The van der Waals surface area contributed by atoms with Gasteiger partial charge in [-0.2, -0.15) is 5.10 Å². The number of hydrogen-bond acceptors (Lipinski definition) is 1. The smallest absolute Gasteiger partial charge is 0.125 e. The molecule has 1 atom stereocenters. The summed E-state index contributed by atoms with van der Waals surface area (Å²) >= 11 is 0. The van der Waals surface area contributed by atoms with Crippen LogP contribution in [0.4, 0.5) is 4.39 Å². The van der Waals surface area contributed by atoms with Crippen LogP contribution in [0.1, 0.15) is 31.7 Å². The molecule has 0 bridgehead atoms. The highest BCUT2D eigenvalue weighted by molar-refractivity contribution is 6.11. The van der Waals surface area contributed by atoms with Gasteiger partial charge in [-0.3, -0.25) is 9.07 Å². The van der Waals surface area contributed by atoms with Crippen molar-refractivity contribution in [3.63, 3.8) is 0 Å². The first-order chi connectivity index (χ1) is 5.11. The van der Waals surface area contributed by atoms with E-state index in [4.69, 9.17) is 7.85 Å². The molecule has 0 amide bonds. The third-order valence-electron chi connectivity index (χ3n) is 1.44. The zero-order chi connectivity index (χ0) is 8.43. The summed E-state index contributed by atoms with van der Waals surface area (Å²) in [5.41, 5.74) is 0.290. The van der Waals surface area contributed by atoms with E-state index in [1.54, 1.807) is 16.9 Å². The Morgan fingerprint density at radius 1 is 1.64 bits per heavy atom. The van der Waals surface area contributed by atoms with Crippen LogP contribution in [-0.2, 0) is 0 Å². The first kappa shape index (κ1) is 8.30. The fourth-order valence-corrected chi connectivity index (χ4v) is 0.787. The summed E-state index contributed by atoms with van der Waals surface area (Å²) in [7, 11) is 4.98. The van der Waals surface area contributed by atoms with Gasteiger partial charge in [-0.1, -0.05) is 0 Å². The van der Waals surface area contributed by atoms with Gasteiger partial charge in [0.25, 0.3) is 0 Å². The molecule has 0 aliphatic rings. The van der Waals surface area contributed by atoms with Crippen molar-refractivity contribution >= 4 is 7.85 Å². The predicted molar refractivity (Wildman–Crippen MR) is 42.2 cm³/mol. The van der Waals surface area contributed by atoms with Gasteiger partial charge in [0.15, 0.2) is 0 Å². The molecule has 11 heavy (non-hydrogen) atoms. The molecule has 0 saturated carbocycles. The van der Waals surface area contributed by atoms with E-state index in [9.17, 15) is 4.39 Å². The molecule has 0 fully saturated rings. The summed E-state index contributed by atoms with van der Waals surface area (Å²) in [6, 6.07) is 1.84. The molecule has 2 radical (unpaired) electrons. The second kappa shape index (κ2) is 3.07. The van der Waals surface area contributed by atoms with E-state index in [2.05, 4.69) is 5.10 Å². The molecule has 4 heteroatoms. The van der Waals surface area contributed by atoms with Crippen molar-refractivity contribution in [2.24, 2.45) is 0 Å². The number of alkyl halides is 1. The molecule has 1 unspecified atom stereocenters. The lowest BCUT2D eigenvalue weighted by molar-refractivity contribution is 0.436. The molecule has 58 valence electrons. The minimum atomic E-state index is -1.46. The predicted octanol–water partition coefficient (Wildman–Crippen LogP) is 1.60. The largest absolute Gasteiger partial charge is 0.270 e. The van der Waals surface area contributed by atoms with Gasteiger partial charge >= 0.3 is 0 Å². The maximum absolute atomic E-state index is 12.4. The molecule has 2 nitrogen and oxygen atoms in total. The van der Waals surface area contributed by atoms with Crippen LogP contribution in [0.2, 0.25) is 0 Å². The molecule has 1 aromatic heterocycles. The van der Waals surface area contributed by atoms with Crippen LogP contribution in [0.3, 0.4) is 0 Å². The Kier molecular flexibility index (Phi) is 2.32. The van der Waals surface area contributed by atoms with Gasteiger partial charge in [0, 0.05) is 12.2 Å². The van der Waals surface area contributed by atoms with E-state index in [-0.39, 0.29) is 6.04 Å². The maximum atomic E-state index is 12.4. The molecule has 0 aliphatic carbocycles. The highest BCUT2D eigenvalue weighted by Gasteiger charge is 2.06. The topological polar surface area (TPSA) is 17.8 Å². The van der Waals surface area contributed by atoms with Crippen LogP contribution in [-0.4, -0.2) is 17.6 Å². The van der Waals surface area contributed by atoms with Crippen molar-refractivity contribution in [3.8, 4) is 0 Å². The lowest BCUT2D eigenvalue weighted by atomic mass is 9.99. The van der Waals surface area contributed by atoms with E-state index >= 15 is 0 Å². The van der Waals surface area contributed by atoms with Crippen molar-refractivity contribution in [1.82, 2.24) is 9.78 Å². The van der Waals surface area contributed by atoms with E-state index in [0.29, 0.717) is 5.69 Å². The summed E-state index contributed by atoms with van der Waals surface area (Å²) in [5, 5.41) is 3.93. The fourth-order valence-electron chi connectivity index (χ4n) is 0.787. The first-order valence-corrected chi connectivity index (χ1v) is 3.56. The van der Waals surface area contributed by atoms with Gasteiger partial charge in [-0.05, 0) is 19.9 Å². The summed E-state index contributed by atoms with van der Waals surface area (Å²) in [6.45, 7) is 3.95. The van der Waals surface area contributed by atoms with Crippen molar-refractivity contribution < 1.29 is 4.39 Å². The Morgan fingerprint density at radius 2 is 2.27 bits per heavy atom. The van der Waals surface area contributed by atoms with E-state index in [0.717, 1.165) is 0 Å². The minimum absolute atomic E-state index is 0.252. The zero-order valence-electron chi connectivity index (χ0n) is 6.66. The molecule has 0 saturated heterocycles. The lowest BCUT2D eigenvalue weighted by Crippen LogP contribution is -2.02. The van der Waals surface area contributed by atoms with Gasteiger partial charge in [-0.25, -0.2) is 0 Å². The molecule has 0 aromatic carbocycles. The molecule has 0 aliphatic heterocycles. The SMILES string of the molecule is [B]C(F)c1ccn(C(C)C)n1. The molecule has 0 N–H and O–H groups in total. The van der Waals surface area contributed by atoms with Crippen molar-refractivity contribution in [1.29, 1.82) is 0 Å². The second-order valence-corrected chi connectivity index (χ2v) is 2.72. The normalized spacial score (nSPS) is 13.8. The average molecular weight is 152 g/mol. The van der Waals surface area contributed by atoms with E-state index in [1.165, 1.54) is 0 Å². The quantitative estimate of drug-likeness (QED) is 0.588. The van der Waals surface area contributed by atoms with Crippen LogP contribution in [0.25, 0.3) is 0 Å². The Labute approximate surface area is 66.8 Å². The second-order valence-electron chi connectivity index (χ2n) is 2.72.